The van der Waals surface area contributed by atoms with E-state index in [0.717, 1.165) is 11.8 Å². The van der Waals surface area contributed by atoms with Gasteiger partial charge in [-0.2, -0.15) is 0 Å². The van der Waals surface area contributed by atoms with E-state index in [9.17, 15) is 0 Å². The zero-order valence-electron chi connectivity index (χ0n) is 10.4. The number of hydrogen-bond acceptors (Lipinski definition) is 0. The molecule has 0 unspecified atom stereocenters. The molecule has 0 radical (unpaired) electrons. The van der Waals surface area contributed by atoms with E-state index < -0.39 is 0 Å². The number of benzene rings is 1. The minimum Gasteiger partial charge on any atom is -0.0622 e. The zero-order chi connectivity index (χ0) is 11.1. The minimum atomic E-state index is 0.475. The number of rotatable bonds is 1. The fourth-order valence-electron chi connectivity index (χ4n) is 2.94. The van der Waals surface area contributed by atoms with Gasteiger partial charge >= 0.3 is 0 Å². The average Bonchev–Trinajstić information content (AvgIpc) is 2.14. The first-order valence-corrected chi connectivity index (χ1v) is 6.07. The van der Waals surface area contributed by atoms with Gasteiger partial charge in [0.1, 0.15) is 0 Å². The van der Waals surface area contributed by atoms with Crippen LogP contribution in [0.1, 0.15) is 51.2 Å². The van der Waals surface area contributed by atoms with Crippen LogP contribution in [0.5, 0.6) is 0 Å². The third-order valence-electron chi connectivity index (χ3n) is 3.70. The fourth-order valence-corrected chi connectivity index (χ4v) is 2.94. The maximum atomic E-state index is 2.40. The van der Waals surface area contributed by atoms with Gasteiger partial charge in [0.15, 0.2) is 0 Å². The highest BCUT2D eigenvalue weighted by atomic mass is 14.4. The molecule has 1 aromatic rings. The predicted octanol–water partition coefficient (Wildman–Crippen LogP) is 4.40. The summed E-state index contributed by atoms with van der Waals surface area (Å²) in [5.41, 5.74) is 3.66. The number of fused-ring (bicyclic) bond motifs is 1. The van der Waals surface area contributed by atoms with Crippen molar-refractivity contribution >= 4 is 0 Å². The van der Waals surface area contributed by atoms with Crippen LogP contribution >= 0.6 is 0 Å². The van der Waals surface area contributed by atoms with Gasteiger partial charge in [0.05, 0.1) is 0 Å². The van der Waals surface area contributed by atoms with Gasteiger partial charge in [-0.1, -0.05) is 52.0 Å². The second-order valence-corrected chi connectivity index (χ2v) is 6.09. The van der Waals surface area contributed by atoms with Crippen LogP contribution in [-0.2, 0) is 6.42 Å². The van der Waals surface area contributed by atoms with E-state index in [2.05, 4.69) is 52.0 Å². The number of hydrogen-bond donors (Lipinski definition) is 0. The van der Waals surface area contributed by atoms with E-state index in [1.165, 1.54) is 12.8 Å². The molecule has 0 heterocycles. The Kier molecular flexibility index (Phi) is 2.62. The summed E-state index contributed by atoms with van der Waals surface area (Å²) in [5, 5.41) is 0. The molecule has 0 aromatic heterocycles. The Balaban J connectivity index is 2.43. The molecule has 1 aliphatic carbocycles. The summed E-state index contributed by atoms with van der Waals surface area (Å²) in [7, 11) is 0. The molecule has 0 bridgehead atoms. The van der Waals surface area contributed by atoms with E-state index in [0.29, 0.717) is 5.41 Å². The van der Waals surface area contributed by atoms with Gasteiger partial charge < -0.3 is 0 Å². The second-order valence-electron chi connectivity index (χ2n) is 6.09. The van der Waals surface area contributed by atoms with E-state index in [1.54, 1.807) is 11.1 Å². The monoisotopic (exact) mass is 202 g/mol. The van der Waals surface area contributed by atoms with E-state index in [4.69, 9.17) is 0 Å². The lowest BCUT2D eigenvalue weighted by Crippen LogP contribution is -2.27. The first-order valence-electron chi connectivity index (χ1n) is 6.07. The van der Waals surface area contributed by atoms with Crippen molar-refractivity contribution in [3.63, 3.8) is 0 Å². The molecule has 0 nitrogen and oxygen atoms in total. The topological polar surface area (TPSA) is 0 Å². The Labute approximate surface area is 93.7 Å². The van der Waals surface area contributed by atoms with Crippen molar-refractivity contribution in [2.24, 2.45) is 11.3 Å². The van der Waals surface area contributed by atoms with E-state index >= 15 is 0 Å². The van der Waals surface area contributed by atoms with Crippen molar-refractivity contribution in [3.05, 3.63) is 35.4 Å². The van der Waals surface area contributed by atoms with Crippen molar-refractivity contribution in [1.29, 1.82) is 0 Å². The highest BCUT2D eigenvalue weighted by molar-refractivity contribution is 5.34. The van der Waals surface area contributed by atoms with Crippen LogP contribution in [0.4, 0.5) is 0 Å². The Hall–Kier alpha value is -0.780. The molecule has 0 spiro atoms. The third kappa shape index (κ3) is 2.09. The van der Waals surface area contributed by atoms with Gasteiger partial charge in [0.2, 0.25) is 0 Å². The highest BCUT2D eigenvalue weighted by Gasteiger charge is 2.32. The van der Waals surface area contributed by atoms with Crippen molar-refractivity contribution in [1.82, 2.24) is 0 Å². The van der Waals surface area contributed by atoms with Gasteiger partial charge in [-0.15, -0.1) is 0 Å². The maximum Gasteiger partial charge on any atom is -0.0131 e. The van der Waals surface area contributed by atoms with Crippen LogP contribution in [-0.4, -0.2) is 0 Å². The lowest BCUT2D eigenvalue weighted by molar-refractivity contribution is 0.250. The van der Waals surface area contributed by atoms with Crippen LogP contribution in [0.3, 0.4) is 0 Å². The van der Waals surface area contributed by atoms with E-state index in [-0.39, 0.29) is 0 Å². The molecule has 0 aliphatic heterocycles. The molecule has 1 aromatic carbocycles. The molecular formula is C15H22. The van der Waals surface area contributed by atoms with Crippen LogP contribution in [0.2, 0.25) is 0 Å². The Bertz CT molecular complexity index is 347. The minimum absolute atomic E-state index is 0.475. The van der Waals surface area contributed by atoms with Crippen molar-refractivity contribution in [2.75, 3.05) is 0 Å². The van der Waals surface area contributed by atoms with Gasteiger partial charge in [-0.05, 0) is 41.2 Å². The van der Waals surface area contributed by atoms with E-state index in [1.807, 2.05) is 0 Å². The molecule has 0 N–H and O–H groups in total. The molecule has 82 valence electrons. The largest absolute Gasteiger partial charge is 0.0622 e. The van der Waals surface area contributed by atoms with Crippen LogP contribution < -0.4 is 0 Å². The van der Waals surface area contributed by atoms with Crippen LogP contribution in [0, 0.1) is 11.3 Å². The molecule has 0 heteroatoms. The summed E-state index contributed by atoms with van der Waals surface area (Å²) in [5.74, 6) is 1.51. The molecule has 2 rings (SSSR count). The van der Waals surface area contributed by atoms with Crippen molar-refractivity contribution in [3.8, 4) is 0 Å². The van der Waals surface area contributed by atoms with Gasteiger partial charge in [-0.25, -0.2) is 0 Å². The second kappa shape index (κ2) is 3.66. The van der Waals surface area contributed by atoms with Gasteiger partial charge in [0.25, 0.3) is 0 Å². The SMILES string of the molecule is CC(C)[C@H]1CC(C)(C)Cc2ccccc21. The summed E-state index contributed by atoms with van der Waals surface area (Å²) in [6.07, 6.45) is 2.58. The molecule has 15 heavy (non-hydrogen) atoms. The molecule has 0 amide bonds. The van der Waals surface area contributed by atoms with Crippen LogP contribution in [0.15, 0.2) is 24.3 Å². The third-order valence-corrected chi connectivity index (χ3v) is 3.70. The quantitative estimate of drug-likeness (QED) is 0.633. The predicted molar refractivity (Wildman–Crippen MR) is 66.1 cm³/mol. The van der Waals surface area contributed by atoms with Crippen molar-refractivity contribution in [2.45, 2.75) is 46.5 Å². The Morgan fingerprint density at radius 1 is 1.20 bits per heavy atom. The maximum absolute atomic E-state index is 2.40. The molecule has 0 saturated carbocycles. The molecule has 1 aliphatic rings. The molecule has 0 fully saturated rings. The fraction of sp³-hybridized carbons (Fsp3) is 0.600. The zero-order valence-corrected chi connectivity index (χ0v) is 10.4. The molecule has 1 atom stereocenters. The summed E-state index contributed by atoms with van der Waals surface area (Å²) >= 11 is 0. The summed E-state index contributed by atoms with van der Waals surface area (Å²) in [6.45, 7) is 9.50. The first kappa shape index (κ1) is 10.7. The normalized spacial score (nSPS) is 23.9. The lowest BCUT2D eigenvalue weighted by Gasteiger charge is -2.39. The Morgan fingerprint density at radius 3 is 2.53 bits per heavy atom. The smallest absolute Gasteiger partial charge is 0.0131 e. The molecule has 0 saturated heterocycles. The lowest BCUT2D eigenvalue weighted by atomic mass is 9.66. The summed E-state index contributed by atoms with van der Waals surface area (Å²) in [4.78, 5) is 0. The summed E-state index contributed by atoms with van der Waals surface area (Å²) in [6, 6.07) is 9.00. The van der Waals surface area contributed by atoms with Crippen LogP contribution in [0.25, 0.3) is 0 Å². The van der Waals surface area contributed by atoms with Gasteiger partial charge in [0, 0.05) is 0 Å². The standard InChI is InChI=1S/C15H22/c1-11(2)14-10-15(3,4)9-12-7-5-6-8-13(12)14/h5-8,11,14H,9-10H2,1-4H3/t14-/m1/s1. The van der Waals surface area contributed by atoms with Gasteiger partial charge in [-0.3, -0.25) is 0 Å². The first-order chi connectivity index (χ1) is 6.99. The average molecular weight is 202 g/mol. The Morgan fingerprint density at radius 2 is 1.87 bits per heavy atom. The summed E-state index contributed by atoms with van der Waals surface area (Å²) < 4.78 is 0. The highest BCUT2D eigenvalue weighted by Crippen LogP contribution is 2.44. The molecular weight excluding hydrogens is 180 g/mol. The van der Waals surface area contributed by atoms with Crippen molar-refractivity contribution < 1.29 is 0 Å².